The summed E-state index contributed by atoms with van der Waals surface area (Å²) in [4.78, 5) is 28.0. The fourth-order valence-electron chi connectivity index (χ4n) is 4.28. The van der Waals surface area contributed by atoms with Crippen LogP contribution < -0.4 is 5.32 Å². The monoisotopic (exact) mass is 495 g/mol. The number of rotatable bonds is 7. The number of furan rings is 1. The third-order valence-electron chi connectivity index (χ3n) is 6.13. The van der Waals surface area contributed by atoms with Crippen LogP contribution in [0.2, 0.25) is 0 Å². The van der Waals surface area contributed by atoms with Gasteiger partial charge in [0.2, 0.25) is 15.9 Å². The van der Waals surface area contributed by atoms with E-state index >= 15 is 0 Å². The Morgan fingerprint density at radius 1 is 0.971 bits per heavy atom. The number of amides is 2. The van der Waals surface area contributed by atoms with E-state index in [1.54, 1.807) is 30.0 Å². The van der Waals surface area contributed by atoms with E-state index in [9.17, 15) is 18.0 Å². The smallest absolute Gasteiger partial charge is 0.287 e. The van der Waals surface area contributed by atoms with Crippen LogP contribution >= 0.6 is 0 Å². The van der Waals surface area contributed by atoms with Crippen LogP contribution in [0.15, 0.2) is 76.2 Å². The van der Waals surface area contributed by atoms with Crippen LogP contribution in [0.1, 0.15) is 27.2 Å². The molecule has 4 rings (SSSR count). The van der Waals surface area contributed by atoms with Crippen molar-refractivity contribution in [2.24, 2.45) is 0 Å². The second kappa shape index (κ2) is 10.5. The summed E-state index contributed by atoms with van der Waals surface area (Å²) in [6, 6.07) is 17.0. The zero-order valence-corrected chi connectivity index (χ0v) is 20.6. The Balaban J connectivity index is 1.46. The zero-order valence-electron chi connectivity index (χ0n) is 19.8. The minimum Gasteiger partial charge on any atom is -0.459 e. The van der Waals surface area contributed by atoms with E-state index in [1.165, 1.54) is 16.6 Å². The van der Waals surface area contributed by atoms with Crippen LogP contribution in [0.4, 0.5) is 0 Å². The molecule has 3 aromatic rings. The molecule has 0 unspecified atom stereocenters. The molecule has 1 fully saturated rings. The molecule has 2 aromatic carbocycles. The first-order chi connectivity index (χ1) is 16.8. The normalized spacial score (nSPS) is 15.5. The van der Waals surface area contributed by atoms with Crippen LogP contribution in [0, 0.1) is 13.8 Å². The predicted octanol–water partition coefficient (Wildman–Crippen LogP) is 2.77. The summed E-state index contributed by atoms with van der Waals surface area (Å²) in [5.41, 5.74) is 2.60. The maximum atomic E-state index is 13.4. The topological polar surface area (TPSA) is 99.9 Å². The van der Waals surface area contributed by atoms with Crippen LogP contribution in [0.3, 0.4) is 0 Å². The van der Waals surface area contributed by atoms with Crippen molar-refractivity contribution in [3.05, 3.63) is 89.4 Å². The molecule has 9 heteroatoms. The summed E-state index contributed by atoms with van der Waals surface area (Å²) in [5.74, 6) is -0.599. The molecule has 1 atom stereocenters. The van der Waals surface area contributed by atoms with E-state index in [4.69, 9.17) is 4.42 Å². The largest absolute Gasteiger partial charge is 0.459 e. The van der Waals surface area contributed by atoms with Gasteiger partial charge in [0.25, 0.3) is 5.91 Å². The fraction of sp³-hybridized carbons (Fsp3) is 0.308. The van der Waals surface area contributed by atoms with Gasteiger partial charge in [-0.3, -0.25) is 9.59 Å². The summed E-state index contributed by atoms with van der Waals surface area (Å²) in [7, 11) is -3.66. The van der Waals surface area contributed by atoms with Gasteiger partial charge in [0.15, 0.2) is 5.76 Å². The summed E-state index contributed by atoms with van der Waals surface area (Å²) in [5, 5.41) is 2.79. The summed E-state index contributed by atoms with van der Waals surface area (Å²) >= 11 is 0. The number of sulfonamides is 1. The van der Waals surface area contributed by atoms with E-state index in [0.717, 1.165) is 11.1 Å². The summed E-state index contributed by atoms with van der Waals surface area (Å²) in [6.45, 7) is 4.56. The number of benzene rings is 2. The minimum atomic E-state index is -3.66. The standard InChI is InChI=1S/C26H29N3O5S/c1-19-10-11-24(20(2)17-19)35(32,33)29-14-12-28(13-15-29)26(31)22(18-21-7-4-3-5-8-21)27-25(30)23-9-6-16-34-23/h3-11,16-17,22H,12-15,18H2,1-2H3,(H,27,30)/t22-/m1/s1. The predicted molar refractivity (Wildman–Crippen MR) is 131 cm³/mol. The molecule has 8 nitrogen and oxygen atoms in total. The van der Waals surface area contributed by atoms with E-state index in [-0.39, 0.29) is 42.7 Å². The Morgan fingerprint density at radius 3 is 2.31 bits per heavy atom. The van der Waals surface area contributed by atoms with E-state index in [1.807, 2.05) is 43.3 Å². The van der Waals surface area contributed by atoms with Gasteiger partial charge in [-0.2, -0.15) is 4.31 Å². The fourth-order valence-corrected chi connectivity index (χ4v) is 5.91. The third kappa shape index (κ3) is 5.63. The molecule has 0 bridgehead atoms. The van der Waals surface area contributed by atoms with Crippen molar-refractivity contribution in [1.82, 2.24) is 14.5 Å². The number of hydrogen-bond donors (Lipinski definition) is 1. The highest BCUT2D eigenvalue weighted by atomic mass is 32.2. The number of aryl methyl sites for hydroxylation is 2. The average Bonchev–Trinajstić information content (AvgIpc) is 3.39. The molecule has 1 saturated heterocycles. The second-order valence-corrected chi connectivity index (χ2v) is 10.6. The number of carbonyl (C=O) groups excluding carboxylic acids is 2. The Bertz CT molecular complexity index is 1280. The first-order valence-electron chi connectivity index (χ1n) is 11.5. The van der Waals surface area contributed by atoms with Crippen LogP contribution in [0.5, 0.6) is 0 Å². The number of piperazine rings is 1. The van der Waals surface area contributed by atoms with Gasteiger partial charge in [0.05, 0.1) is 11.2 Å². The molecule has 0 radical (unpaired) electrons. The van der Waals surface area contributed by atoms with Gasteiger partial charge in [-0.25, -0.2) is 8.42 Å². The van der Waals surface area contributed by atoms with Crippen molar-refractivity contribution in [2.45, 2.75) is 31.2 Å². The van der Waals surface area contributed by atoms with E-state index in [0.29, 0.717) is 12.0 Å². The van der Waals surface area contributed by atoms with Crippen molar-refractivity contribution < 1.29 is 22.4 Å². The van der Waals surface area contributed by atoms with Crippen LogP contribution in [-0.2, 0) is 21.2 Å². The lowest BCUT2D eigenvalue weighted by molar-refractivity contribution is -0.134. The maximum Gasteiger partial charge on any atom is 0.287 e. The second-order valence-electron chi connectivity index (χ2n) is 8.69. The Morgan fingerprint density at radius 2 is 1.69 bits per heavy atom. The summed E-state index contributed by atoms with van der Waals surface area (Å²) < 4.78 is 33.0. The molecule has 1 aliphatic rings. The van der Waals surface area contributed by atoms with Crippen molar-refractivity contribution >= 4 is 21.8 Å². The molecule has 1 N–H and O–H groups in total. The first-order valence-corrected chi connectivity index (χ1v) is 12.9. The number of nitrogens with one attached hydrogen (secondary N) is 1. The van der Waals surface area contributed by atoms with E-state index in [2.05, 4.69) is 5.32 Å². The van der Waals surface area contributed by atoms with Crippen LogP contribution in [0.25, 0.3) is 0 Å². The van der Waals surface area contributed by atoms with Gasteiger partial charge in [0.1, 0.15) is 6.04 Å². The number of carbonyl (C=O) groups is 2. The Hall–Kier alpha value is -3.43. The highest BCUT2D eigenvalue weighted by Crippen LogP contribution is 2.22. The highest BCUT2D eigenvalue weighted by molar-refractivity contribution is 7.89. The molecule has 0 spiro atoms. The quantitative estimate of drug-likeness (QED) is 0.543. The third-order valence-corrected chi connectivity index (χ3v) is 8.19. The summed E-state index contributed by atoms with van der Waals surface area (Å²) in [6.07, 6.45) is 1.71. The molecular weight excluding hydrogens is 466 g/mol. The van der Waals surface area contributed by atoms with Gasteiger partial charge in [-0.15, -0.1) is 0 Å². The van der Waals surface area contributed by atoms with Gasteiger partial charge in [-0.05, 0) is 43.2 Å². The lowest BCUT2D eigenvalue weighted by Gasteiger charge is -2.36. The molecule has 1 aliphatic heterocycles. The van der Waals surface area contributed by atoms with Gasteiger partial charge >= 0.3 is 0 Å². The van der Waals surface area contributed by atoms with Gasteiger partial charge in [0, 0.05) is 32.6 Å². The molecular formula is C26H29N3O5S. The zero-order chi connectivity index (χ0) is 25.0. The molecule has 184 valence electrons. The molecule has 1 aromatic heterocycles. The molecule has 2 heterocycles. The van der Waals surface area contributed by atoms with Gasteiger partial charge < -0.3 is 14.6 Å². The number of nitrogens with zero attached hydrogens (tertiary/aromatic N) is 2. The van der Waals surface area contributed by atoms with Crippen molar-refractivity contribution in [3.8, 4) is 0 Å². The van der Waals surface area contributed by atoms with Crippen LogP contribution in [-0.4, -0.2) is 61.7 Å². The van der Waals surface area contributed by atoms with Crippen molar-refractivity contribution in [2.75, 3.05) is 26.2 Å². The van der Waals surface area contributed by atoms with E-state index < -0.39 is 22.0 Å². The lowest BCUT2D eigenvalue weighted by atomic mass is 10.0. The molecule has 0 aliphatic carbocycles. The molecule has 35 heavy (non-hydrogen) atoms. The highest BCUT2D eigenvalue weighted by Gasteiger charge is 2.34. The Kier molecular flexibility index (Phi) is 7.37. The minimum absolute atomic E-state index is 0.125. The average molecular weight is 496 g/mol. The molecule has 0 saturated carbocycles. The van der Waals surface area contributed by atoms with Crippen molar-refractivity contribution in [1.29, 1.82) is 0 Å². The first kappa shape index (κ1) is 24.7. The molecule has 2 amide bonds. The maximum absolute atomic E-state index is 13.4. The van der Waals surface area contributed by atoms with Crippen molar-refractivity contribution in [3.63, 3.8) is 0 Å². The van der Waals surface area contributed by atoms with Gasteiger partial charge in [-0.1, -0.05) is 48.0 Å². The number of hydrogen-bond acceptors (Lipinski definition) is 5. The SMILES string of the molecule is Cc1ccc(S(=O)(=O)N2CCN(C(=O)[C@@H](Cc3ccccc3)NC(=O)c3ccco3)CC2)c(C)c1. The Labute approximate surface area is 205 Å². The lowest BCUT2D eigenvalue weighted by Crippen LogP contribution is -2.56.